The highest BCUT2D eigenvalue weighted by molar-refractivity contribution is 5.96. The highest BCUT2D eigenvalue weighted by Gasteiger charge is 2.77. The number of hydrogen-bond acceptors (Lipinski definition) is 10. The fourth-order valence-corrected chi connectivity index (χ4v) is 9.00. The fraction of sp³-hybridized carbons (Fsp3) is 0.348. The number of rotatable bonds is 13. The zero-order valence-electron chi connectivity index (χ0n) is 33.2. The van der Waals surface area contributed by atoms with Crippen molar-refractivity contribution in [3.05, 3.63) is 149 Å². The number of amides is 3. The Labute approximate surface area is 343 Å². The number of ether oxygens (including phenoxy) is 3. The van der Waals surface area contributed by atoms with Gasteiger partial charge < -0.3 is 34.4 Å². The van der Waals surface area contributed by atoms with E-state index in [4.69, 9.17) is 19.0 Å². The molecule has 306 valence electrons. The summed E-state index contributed by atoms with van der Waals surface area (Å²) in [5, 5.41) is 13.9. The van der Waals surface area contributed by atoms with E-state index < -0.39 is 65.5 Å². The summed E-state index contributed by atoms with van der Waals surface area (Å²) < 4.78 is 20.4. The summed E-state index contributed by atoms with van der Waals surface area (Å²) in [4.78, 5) is 66.5. The van der Waals surface area contributed by atoms with E-state index in [0.29, 0.717) is 11.1 Å². The second-order valence-electron chi connectivity index (χ2n) is 15.6. The van der Waals surface area contributed by atoms with Crippen molar-refractivity contribution in [2.45, 2.75) is 61.7 Å². The van der Waals surface area contributed by atoms with Crippen molar-refractivity contribution in [1.82, 2.24) is 20.2 Å². The second kappa shape index (κ2) is 16.5. The number of fused-ring (bicyclic) bond motifs is 4. The first-order valence-corrected chi connectivity index (χ1v) is 19.8. The van der Waals surface area contributed by atoms with Crippen LogP contribution in [0.4, 0.5) is 0 Å². The average molecular weight is 801 g/mol. The van der Waals surface area contributed by atoms with Gasteiger partial charge in [0.05, 0.1) is 13.2 Å². The Kier molecular flexibility index (Phi) is 11.2. The highest BCUT2D eigenvalue weighted by Crippen LogP contribution is 2.59. The predicted octanol–water partition coefficient (Wildman–Crippen LogP) is 3.45. The highest BCUT2D eigenvalue weighted by atomic mass is 16.8. The Morgan fingerprint density at radius 3 is 2.12 bits per heavy atom. The van der Waals surface area contributed by atoms with E-state index in [1.165, 1.54) is 20.9 Å². The van der Waals surface area contributed by atoms with Crippen LogP contribution in [0.1, 0.15) is 34.2 Å². The number of hydroxylamine groups is 2. The molecule has 59 heavy (non-hydrogen) atoms. The number of nitrogens with zero attached hydrogens (tertiary/aromatic N) is 3. The second-order valence-corrected chi connectivity index (χ2v) is 15.6. The van der Waals surface area contributed by atoms with Crippen LogP contribution >= 0.6 is 0 Å². The van der Waals surface area contributed by atoms with Gasteiger partial charge in [0, 0.05) is 57.7 Å². The van der Waals surface area contributed by atoms with Crippen LogP contribution in [0.2, 0.25) is 0 Å². The molecule has 7 unspecified atom stereocenters. The third-order valence-electron chi connectivity index (χ3n) is 11.9. The number of aliphatic hydroxyl groups is 1. The van der Waals surface area contributed by atoms with E-state index in [0.717, 1.165) is 16.7 Å². The van der Waals surface area contributed by atoms with Crippen molar-refractivity contribution in [3.63, 3.8) is 0 Å². The number of esters is 1. The zero-order chi connectivity index (χ0) is 41.3. The summed E-state index contributed by atoms with van der Waals surface area (Å²) in [6.45, 7) is -0.240. The molecule has 0 radical (unpaired) electrons. The first-order valence-electron chi connectivity index (χ1n) is 19.8. The zero-order valence-corrected chi connectivity index (χ0v) is 33.2. The molecule has 2 N–H and O–H groups in total. The Morgan fingerprint density at radius 2 is 1.47 bits per heavy atom. The first kappa shape index (κ1) is 40.1. The summed E-state index contributed by atoms with van der Waals surface area (Å²) in [5.41, 5.74) is 2.09. The number of nitrogens with one attached hydrogen (secondary N) is 1. The van der Waals surface area contributed by atoms with Crippen LogP contribution < -0.4 is 5.32 Å². The van der Waals surface area contributed by atoms with Gasteiger partial charge in [-0.05, 0) is 22.8 Å². The Morgan fingerprint density at radius 1 is 0.864 bits per heavy atom. The number of benzene rings is 4. The van der Waals surface area contributed by atoms with Crippen molar-refractivity contribution in [3.8, 4) is 0 Å². The SMILES string of the molecule is CN(C)C(=O)C=Cc1ccccc1CN1OC2C3OC(c4ccccc4)(c4ccccc4)OC3C3CC2(C(=O)N(C)C(Cc2ccccc2)C(=O)NCCO)C1C(=O)O3. The van der Waals surface area contributed by atoms with Crippen molar-refractivity contribution >= 4 is 29.8 Å². The lowest BCUT2D eigenvalue weighted by Gasteiger charge is -2.50. The Bertz CT molecular complexity index is 2160. The number of likely N-dealkylation sites (N-methyl/N-ethyl adjacent to an activating group) is 2. The standard InChI is InChI=1S/C46H48N4O9/c1-48(2)37(52)24-23-31-17-13-14-18-32(31)29-50-40-43(54)56-36-28-45(40,44(55)49(3)35(42(53)47-25-26-51)27-30-15-7-4-8-16-30)41(59-50)39-38(36)57-46(58-39,33-19-9-5-10-20-33)34-21-11-6-12-22-34/h4-24,35-36,38-41,51H,25-29H2,1-3H3,(H,47,53). The molecule has 4 fully saturated rings. The van der Waals surface area contributed by atoms with Gasteiger partial charge in [-0.1, -0.05) is 115 Å². The molecule has 1 aliphatic carbocycles. The van der Waals surface area contributed by atoms with Gasteiger partial charge in [-0.3, -0.25) is 24.0 Å². The van der Waals surface area contributed by atoms with Crippen LogP contribution in [-0.4, -0.2) is 114 Å². The van der Waals surface area contributed by atoms with E-state index in [9.17, 15) is 19.5 Å². The lowest BCUT2D eigenvalue weighted by molar-refractivity contribution is -0.214. The minimum absolute atomic E-state index is 0.00216. The van der Waals surface area contributed by atoms with Crippen molar-refractivity contribution in [2.75, 3.05) is 34.3 Å². The van der Waals surface area contributed by atoms with Crippen molar-refractivity contribution in [2.24, 2.45) is 5.41 Å². The van der Waals surface area contributed by atoms with E-state index in [-0.39, 0.29) is 38.4 Å². The third-order valence-corrected chi connectivity index (χ3v) is 11.9. The monoisotopic (exact) mass is 800 g/mol. The number of hydrogen-bond donors (Lipinski definition) is 2. The summed E-state index contributed by atoms with van der Waals surface area (Å²) in [6.07, 6.45) is -0.340. The summed E-state index contributed by atoms with van der Waals surface area (Å²) >= 11 is 0. The molecular formula is C46H48N4O9. The van der Waals surface area contributed by atoms with Crippen molar-refractivity contribution in [1.29, 1.82) is 0 Å². The Balaban J connectivity index is 1.24. The van der Waals surface area contributed by atoms with E-state index >= 15 is 4.79 Å². The number of carbonyl (C=O) groups excluding carboxylic acids is 4. The van der Waals surface area contributed by atoms with E-state index in [2.05, 4.69) is 5.32 Å². The van der Waals surface area contributed by atoms with Gasteiger partial charge in [0.1, 0.15) is 35.9 Å². The topological polar surface area (TPSA) is 147 Å². The first-order chi connectivity index (χ1) is 28.6. The molecule has 3 amide bonds. The smallest absolute Gasteiger partial charge is 0.327 e. The minimum atomic E-state index is -1.60. The van der Waals surface area contributed by atoms with Crippen LogP contribution in [0, 0.1) is 5.41 Å². The van der Waals surface area contributed by atoms with Gasteiger partial charge in [0.25, 0.3) is 0 Å². The molecule has 8 rings (SSSR count). The van der Waals surface area contributed by atoms with Crippen LogP contribution in [0.3, 0.4) is 0 Å². The van der Waals surface area contributed by atoms with E-state index in [1.54, 1.807) is 27.2 Å². The molecule has 3 heterocycles. The Hall–Kier alpha value is -5.70. The fourth-order valence-electron chi connectivity index (χ4n) is 9.00. The van der Waals surface area contributed by atoms with Gasteiger partial charge in [-0.2, -0.15) is 5.06 Å². The normalized spacial score (nSPS) is 25.8. The molecule has 13 nitrogen and oxygen atoms in total. The molecule has 3 saturated heterocycles. The largest absolute Gasteiger partial charge is 0.458 e. The molecule has 13 heteroatoms. The number of aliphatic hydroxyl groups excluding tert-OH is 1. The minimum Gasteiger partial charge on any atom is -0.458 e. The van der Waals surface area contributed by atoms with Crippen molar-refractivity contribution < 1.29 is 43.3 Å². The molecule has 0 aromatic heterocycles. The average Bonchev–Trinajstić information content (AvgIpc) is 3.84. The predicted molar refractivity (Wildman–Crippen MR) is 216 cm³/mol. The number of carbonyl (C=O) groups is 4. The molecule has 4 aromatic carbocycles. The molecular weight excluding hydrogens is 753 g/mol. The van der Waals surface area contributed by atoms with Gasteiger partial charge in [-0.15, -0.1) is 0 Å². The van der Waals surface area contributed by atoms with Gasteiger partial charge in [0.2, 0.25) is 23.5 Å². The molecule has 0 spiro atoms. The molecule has 2 bridgehead atoms. The summed E-state index contributed by atoms with van der Waals surface area (Å²) in [6, 6.07) is 33.5. The molecule has 3 aliphatic heterocycles. The molecule has 7 atom stereocenters. The quantitative estimate of drug-likeness (QED) is 0.152. The van der Waals surface area contributed by atoms with Gasteiger partial charge >= 0.3 is 5.97 Å². The van der Waals surface area contributed by atoms with E-state index in [1.807, 2.05) is 115 Å². The lowest BCUT2D eigenvalue weighted by Crippen LogP contribution is -2.70. The maximum Gasteiger partial charge on any atom is 0.327 e. The van der Waals surface area contributed by atoms with Gasteiger partial charge in [-0.25, -0.2) is 0 Å². The van der Waals surface area contributed by atoms with Crippen LogP contribution in [0.25, 0.3) is 6.08 Å². The summed E-state index contributed by atoms with van der Waals surface area (Å²) in [7, 11) is 4.90. The molecule has 1 saturated carbocycles. The summed E-state index contributed by atoms with van der Waals surface area (Å²) in [5.74, 6) is -3.24. The maximum atomic E-state index is 15.7. The van der Waals surface area contributed by atoms with Gasteiger partial charge in [0.15, 0.2) is 6.04 Å². The lowest BCUT2D eigenvalue weighted by atomic mass is 9.62. The van der Waals surface area contributed by atoms with Crippen LogP contribution in [0.5, 0.6) is 0 Å². The third kappa shape index (κ3) is 7.23. The molecule has 4 aromatic rings. The van der Waals surface area contributed by atoms with Crippen LogP contribution in [0.15, 0.2) is 121 Å². The molecule has 4 aliphatic rings. The van der Waals surface area contributed by atoms with Crippen LogP contribution in [-0.2, 0) is 57.0 Å². The maximum absolute atomic E-state index is 15.7.